The number of thiophene rings is 1. The summed E-state index contributed by atoms with van der Waals surface area (Å²) in [6.07, 6.45) is 0. The van der Waals surface area contributed by atoms with Crippen LogP contribution < -0.4 is 10.6 Å². The molecule has 15 heavy (non-hydrogen) atoms. The number of hydrogen-bond acceptors (Lipinski definition) is 2. The van der Waals surface area contributed by atoms with Crippen LogP contribution in [0.1, 0.15) is 32.4 Å². The molecule has 0 aliphatic rings. The molecule has 0 aromatic carbocycles. The van der Waals surface area contributed by atoms with E-state index >= 15 is 0 Å². The van der Waals surface area contributed by atoms with Gasteiger partial charge in [-0.2, -0.15) is 11.3 Å². The van der Waals surface area contributed by atoms with Gasteiger partial charge in [-0.3, -0.25) is 0 Å². The Morgan fingerprint density at radius 1 is 1.47 bits per heavy atom. The predicted molar refractivity (Wildman–Crippen MR) is 71.3 cm³/mol. The molecule has 0 bridgehead atoms. The van der Waals surface area contributed by atoms with Crippen molar-refractivity contribution in [3.63, 3.8) is 0 Å². The van der Waals surface area contributed by atoms with Crippen molar-refractivity contribution in [2.24, 2.45) is 5.92 Å². The van der Waals surface area contributed by atoms with Crippen molar-refractivity contribution in [3.05, 3.63) is 22.4 Å². The molecule has 0 saturated heterocycles. The highest BCUT2D eigenvalue weighted by Gasteiger charge is 2.06. The molecule has 1 aromatic rings. The van der Waals surface area contributed by atoms with Gasteiger partial charge >= 0.3 is 0 Å². The van der Waals surface area contributed by atoms with Crippen molar-refractivity contribution in [1.82, 2.24) is 10.6 Å². The van der Waals surface area contributed by atoms with E-state index in [0.717, 1.165) is 11.7 Å². The maximum atomic E-state index is 5.20. The van der Waals surface area contributed by atoms with E-state index in [0.29, 0.717) is 5.92 Å². The van der Waals surface area contributed by atoms with E-state index in [1.165, 1.54) is 5.56 Å². The van der Waals surface area contributed by atoms with Crippen LogP contribution >= 0.6 is 23.6 Å². The van der Waals surface area contributed by atoms with Crippen molar-refractivity contribution in [2.45, 2.75) is 26.8 Å². The van der Waals surface area contributed by atoms with Crippen molar-refractivity contribution < 1.29 is 0 Å². The number of thiocarbonyl (C=S) groups is 1. The summed E-state index contributed by atoms with van der Waals surface area (Å²) in [5, 5.41) is 11.4. The molecule has 0 amide bonds. The zero-order valence-electron chi connectivity index (χ0n) is 9.41. The summed E-state index contributed by atoms with van der Waals surface area (Å²) in [5.74, 6) is 0.612. The minimum absolute atomic E-state index is 0.281. The highest BCUT2D eigenvalue weighted by molar-refractivity contribution is 7.80. The Kier molecular flexibility index (Phi) is 5.05. The molecule has 1 aromatic heterocycles. The molecule has 1 unspecified atom stereocenters. The third kappa shape index (κ3) is 4.62. The summed E-state index contributed by atoms with van der Waals surface area (Å²) in [6, 6.07) is 2.40. The van der Waals surface area contributed by atoms with Gasteiger partial charge in [0.1, 0.15) is 0 Å². The summed E-state index contributed by atoms with van der Waals surface area (Å²) in [4.78, 5) is 0. The molecule has 0 radical (unpaired) electrons. The van der Waals surface area contributed by atoms with Gasteiger partial charge in [-0.25, -0.2) is 0 Å². The Labute approximate surface area is 101 Å². The first-order chi connectivity index (χ1) is 7.09. The van der Waals surface area contributed by atoms with Crippen LogP contribution in [0.2, 0.25) is 0 Å². The molecular weight excluding hydrogens is 224 g/mol. The summed E-state index contributed by atoms with van der Waals surface area (Å²) in [6.45, 7) is 7.36. The largest absolute Gasteiger partial charge is 0.362 e. The van der Waals surface area contributed by atoms with E-state index in [2.05, 4.69) is 48.2 Å². The molecule has 84 valence electrons. The fraction of sp³-hybridized carbons (Fsp3) is 0.545. The molecule has 0 aliphatic carbocycles. The minimum atomic E-state index is 0.281. The van der Waals surface area contributed by atoms with Crippen LogP contribution in [-0.4, -0.2) is 11.7 Å². The lowest BCUT2D eigenvalue weighted by Crippen LogP contribution is -2.38. The summed E-state index contributed by atoms with van der Waals surface area (Å²) in [5.41, 5.74) is 1.29. The van der Waals surface area contributed by atoms with Crippen LogP contribution in [0.15, 0.2) is 16.8 Å². The van der Waals surface area contributed by atoms with Gasteiger partial charge in [0.05, 0.1) is 6.04 Å². The zero-order valence-corrected chi connectivity index (χ0v) is 11.0. The molecular formula is C11H18N2S2. The topological polar surface area (TPSA) is 24.1 Å². The van der Waals surface area contributed by atoms with Crippen LogP contribution in [0.25, 0.3) is 0 Å². The third-order valence-electron chi connectivity index (χ3n) is 2.06. The first-order valence-corrected chi connectivity index (χ1v) is 6.51. The Bertz CT molecular complexity index is 294. The van der Waals surface area contributed by atoms with Gasteiger partial charge in [0.25, 0.3) is 0 Å². The van der Waals surface area contributed by atoms with Crippen molar-refractivity contribution >= 4 is 28.7 Å². The second-order valence-electron chi connectivity index (χ2n) is 4.03. The monoisotopic (exact) mass is 242 g/mol. The number of hydrogen-bond donors (Lipinski definition) is 2. The minimum Gasteiger partial charge on any atom is -0.362 e. The van der Waals surface area contributed by atoms with Gasteiger partial charge < -0.3 is 10.6 Å². The predicted octanol–water partition coefficient (Wildman–Crippen LogP) is 2.93. The first kappa shape index (κ1) is 12.5. The van der Waals surface area contributed by atoms with Crippen LogP contribution in [0.4, 0.5) is 0 Å². The summed E-state index contributed by atoms with van der Waals surface area (Å²) >= 11 is 6.91. The Morgan fingerprint density at radius 3 is 2.73 bits per heavy atom. The van der Waals surface area contributed by atoms with Gasteiger partial charge in [0.2, 0.25) is 0 Å². The molecule has 2 nitrogen and oxygen atoms in total. The SMILES string of the molecule is CC(C)CNC(=S)NC(C)c1ccsc1. The van der Waals surface area contributed by atoms with Gasteiger partial charge in [0.15, 0.2) is 5.11 Å². The third-order valence-corrected chi connectivity index (χ3v) is 3.03. The molecule has 0 aliphatic heterocycles. The van der Waals surface area contributed by atoms with E-state index in [-0.39, 0.29) is 6.04 Å². The Balaban J connectivity index is 2.32. The maximum absolute atomic E-state index is 5.20. The maximum Gasteiger partial charge on any atom is 0.166 e. The molecule has 1 atom stereocenters. The normalized spacial score (nSPS) is 12.5. The fourth-order valence-corrected chi connectivity index (χ4v) is 2.16. The van der Waals surface area contributed by atoms with Crippen molar-refractivity contribution in [2.75, 3.05) is 6.54 Å². The van der Waals surface area contributed by atoms with Crippen LogP contribution in [-0.2, 0) is 0 Å². The summed E-state index contributed by atoms with van der Waals surface area (Å²) in [7, 11) is 0. The standard InChI is InChI=1S/C11H18N2S2/c1-8(2)6-12-11(14)13-9(3)10-4-5-15-7-10/h4-5,7-9H,6H2,1-3H3,(H2,12,13,14). The van der Waals surface area contributed by atoms with Gasteiger partial charge in [-0.05, 0) is 47.4 Å². The molecule has 4 heteroatoms. The molecule has 1 heterocycles. The average molecular weight is 242 g/mol. The van der Waals surface area contributed by atoms with Gasteiger partial charge in [0, 0.05) is 6.54 Å². The second kappa shape index (κ2) is 6.08. The first-order valence-electron chi connectivity index (χ1n) is 5.16. The lowest BCUT2D eigenvalue weighted by molar-refractivity contribution is 0.609. The van der Waals surface area contributed by atoms with Gasteiger partial charge in [-0.1, -0.05) is 13.8 Å². The van der Waals surface area contributed by atoms with Crippen LogP contribution in [0.3, 0.4) is 0 Å². The zero-order chi connectivity index (χ0) is 11.3. The number of rotatable bonds is 4. The molecule has 0 saturated carbocycles. The molecule has 0 fully saturated rings. The Morgan fingerprint density at radius 2 is 2.20 bits per heavy atom. The van der Waals surface area contributed by atoms with E-state index < -0.39 is 0 Å². The quantitative estimate of drug-likeness (QED) is 0.794. The average Bonchev–Trinajstić information content (AvgIpc) is 2.67. The number of nitrogens with one attached hydrogen (secondary N) is 2. The fourth-order valence-electron chi connectivity index (χ4n) is 1.15. The van der Waals surface area contributed by atoms with Crippen molar-refractivity contribution in [1.29, 1.82) is 0 Å². The van der Waals surface area contributed by atoms with E-state index in [1.807, 2.05) is 0 Å². The van der Waals surface area contributed by atoms with Crippen LogP contribution in [0.5, 0.6) is 0 Å². The highest BCUT2D eigenvalue weighted by atomic mass is 32.1. The molecule has 0 spiro atoms. The van der Waals surface area contributed by atoms with Gasteiger partial charge in [-0.15, -0.1) is 0 Å². The lowest BCUT2D eigenvalue weighted by Gasteiger charge is -2.17. The van der Waals surface area contributed by atoms with E-state index in [1.54, 1.807) is 11.3 Å². The van der Waals surface area contributed by atoms with E-state index in [9.17, 15) is 0 Å². The molecule has 1 rings (SSSR count). The van der Waals surface area contributed by atoms with E-state index in [4.69, 9.17) is 12.2 Å². The van der Waals surface area contributed by atoms with Crippen molar-refractivity contribution in [3.8, 4) is 0 Å². The Hall–Kier alpha value is -0.610. The van der Waals surface area contributed by atoms with Crippen LogP contribution in [0, 0.1) is 5.92 Å². The lowest BCUT2D eigenvalue weighted by atomic mass is 10.2. The highest BCUT2D eigenvalue weighted by Crippen LogP contribution is 2.15. The molecule has 2 N–H and O–H groups in total. The second-order valence-corrected chi connectivity index (χ2v) is 5.21. The summed E-state index contributed by atoms with van der Waals surface area (Å²) < 4.78 is 0. The smallest absolute Gasteiger partial charge is 0.166 e.